The summed E-state index contributed by atoms with van der Waals surface area (Å²) in [5.41, 5.74) is 3.56. The number of piperidine rings is 1. The number of carbonyl (C=O) groups is 1. The van der Waals surface area contributed by atoms with Crippen molar-refractivity contribution < 1.29 is 4.79 Å². The van der Waals surface area contributed by atoms with Gasteiger partial charge in [0.1, 0.15) is 0 Å². The average molecular weight is 395 g/mol. The Bertz CT molecular complexity index is 836. The van der Waals surface area contributed by atoms with Crippen molar-refractivity contribution in [1.29, 1.82) is 0 Å². The molecule has 2 saturated heterocycles. The number of nitrogens with zero attached hydrogens (tertiary/aromatic N) is 4. The summed E-state index contributed by atoms with van der Waals surface area (Å²) in [7, 11) is 0. The lowest BCUT2D eigenvalue weighted by atomic mass is 9.92. The number of pyridine rings is 1. The largest absolute Gasteiger partial charge is 0.371 e. The predicted molar refractivity (Wildman–Crippen MR) is 119 cm³/mol. The van der Waals surface area contributed by atoms with E-state index in [9.17, 15) is 4.79 Å². The third kappa shape index (κ3) is 4.55. The smallest absolute Gasteiger partial charge is 0.222 e. The van der Waals surface area contributed by atoms with E-state index in [1.807, 2.05) is 0 Å². The molecule has 0 spiro atoms. The molecular weight excluding hydrogens is 360 g/mol. The maximum absolute atomic E-state index is 12.8. The van der Waals surface area contributed by atoms with Crippen LogP contribution < -0.4 is 4.90 Å². The zero-order valence-electron chi connectivity index (χ0n) is 17.9. The molecule has 0 unspecified atom stereocenters. The van der Waals surface area contributed by atoms with Gasteiger partial charge in [-0.15, -0.1) is 0 Å². The number of fused-ring (bicyclic) bond motifs is 1. The van der Waals surface area contributed by atoms with E-state index in [4.69, 9.17) is 4.98 Å². The van der Waals surface area contributed by atoms with Gasteiger partial charge in [-0.2, -0.15) is 0 Å². The molecule has 0 aliphatic carbocycles. The van der Waals surface area contributed by atoms with E-state index < -0.39 is 0 Å². The Balaban J connectivity index is 1.36. The Morgan fingerprint density at radius 3 is 2.45 bits per heavy atom. The molecule has 2 aromatic rings. The summed E-state index contributed by atoms with van der Waals surface area (Å²) in [6.07, 6.45) is 3.86. The van der Waals surface area contributed by atoms with Gasteiger partial charge in [0.05, 0.1) is 5.52 Å². The minimum absolute atomic E-state index is 0.363. The van der Waals surface area contributed by atoms with Gasteiger partial charge in [0.2, 0.25) is 5.91 Å². The van der Waals surface area contributed by atoms with Crippen LogP contribution in [-0.2, 0) is 11.2 Å². The summed E-state index contributed by atoms with van der Waals surface area (Å²) in [6, 6.07) is 10.7. The number of benzene rings is 1. The van der Waals surface area contributed by atoms with Gasteiger partial charge >= 0.3 is 0 Å². The summed E-state index contributed by atoms with van der Waals surface area (Å²) >= 11 is 0. The highest BCUT2D eigenvalue weighted by Gasteiger charge is 2.26. The molecule has 29 heavy (non-hydrogen) atoms. The fraction of sp³-hybridized carbons (Fsp3) is 0.583. The van der Waals surface area contributed by atoms with Gasteiger partial charge in [0.15, 0.2) is 0 Å². The molecule has 0 N–H and O–H groups in total. The first-order valence-electron chi connectivity index (χ1n) is 11.3. The van der Waals surface area contributed by atoms with E-state index in [-0.39, 0.29) is 0 Å². The molecule has 156 valence electrons. The van der Waals surface area contributed by atoms with E-state index in [0.717, 1.165) is 82.7 Å². The molecule has 4 rings (SSSR count). The molecular formula is C24H34N4O. The van der Waals surface area contributed by atoms with Crippen LogP contribution in [0.3, 0.4) is 0 Å². The first-order valence-corrected chi connectivity index (χ1v) is 11.3. The molecule has 1 aromatic carbocycles. The highest BCUT2D eigenvalue weighted by molar-refractivity contribution is 5.92. The minimum atomic E-state index is 0.363. The summed E-state index contributed by atoms with van der Waals surface area (Å²) < 4.78 is 0. The number of piperazine rings is 1. The number of rotatable bonds is 5. The van der Waals surface area contributed by atoms with Gasteiger partial charge in [0, 0.05) is 62.5 Å². The van der Waals surface area contributed by atoms with Crippen molar-refractivity contribution in [3.05, 3.63) is 36.0 Å². The number of aromatic nitrogens is 1. The maximum Gasteiger partial charge on any atom is 0.222 e. The number of amides is 1. The number of aryl methyl sites for hydroxylation is 1. The lowest BCUT2D eigenvalue weighted by Gasteiger charge is -2.37. The SMILES string of the molecule is CCc1cc(N2CCC(CC(=O)N3CCN(CC)CC3)CC2)c2ccccc2n1. The van der Waals surface area contributed by atoms with Crippen molar-refractivity contribution in [2.24, 2.45) is 5.92 Å². The van der Waals surface area contributed by atoms with Crippen LogP contribution in [0.4, 0.5) is 5.69 Å². The zero-order chi connectivity index (χ0) is 20.2. The molecule has 2 fully saturated rings. The molecule has 1 aromatic heterocycles. The Kier molecular flexibility index (Phi) is 6.34. The Labute approximate surface area is 174 Å². The van der Waals surface area contributed by atoms with Gasteiger partial charge < -0.3 is 14.7 Å². The molecule has 0 radical (unpaired) electrons. The van der Waals surface area contributed by atoms with E-state index in [1.165, 1.54) is 11.1 Å². The second-order valence-corrected chi connectivity index (χ2v) is 8.45. The molecule has 0 atom stereocenters. The average Bonchev–Trinajstić information content (AvgIpc) is 2.79. The van der Waals surface area contributed by atoms with Gasteiger partial charge in [-0.05, 0) is 43.9 Å². The quantitative estimate of drug-likeness (QED) is 0.777. The monoisotopic (exact) mass is 394 g/mol. The van der Waals surface area contributed by atoms with Crippen LogP contribution in [0.2, 0.25) is 0 Å². The number of hydrogen-bond acceptors (Lipinski definition) is 4. The molecule has 0 bridgehead atoms. The molecule has 2 aliphatic heterocycles. The Morgan fingerprint density at radius 1 is 1.03 bits per heavy atom. The van der Waals surface area contributed by atoms with Crippen LogP contribution >= 0.6 is 0 Å². The first kappa shape index (κ1) is 20.1. The number of carbonyl (C=O) groups excluding carboxylic acids is 1. The molecule has 2 aliphatic rings. The summed E-state index contributed by atoms with van der Waals surface area (Å²) in [6.45, 7) is 11.3. The summed E-state index contributed by atoms with van der Waals surface area (Å²) in [4.78, 5) is 24.6. The van der Waals surface area contributed by atoms with Crippen molar-refractivity contribution in [2.45, 2.75) is 39.5 Å². The van der Waals surface area contributed by atoms with Crippen LogP contribution in [0.15, 0.2) is 30.3 Å². The van der Waals surface area contributed by atoms with Crippen LogP contribution in [0.5, 0.6) is 0 Å². The fourth-order valence-electron chi connectivity index (χ4n) is 4.72. The Hall–Kier alpha value is -2.14. The lowest BCUT2D eigenvalue weighted by molar-refractivity contribution is -0.134. The summed E-state index contributed by atoms with van der Waals surface area (Å²) in [5, 5.41) is 1.24. The number of para-hydroxylation sites is 1. The highest BCUT2D eigenvalue weighted by Crippen LogP contribution is 2.31. The number of anilines is 1. The molecule has 5 heteroatoms. The molecule has 5 nitrogen and oxygen atoms in total. The maximum atomic E-state index is 12.8. The van der Waals surface area contributed by atoms with Crippen LogP contribution in [-0.4, -0.2) is 66.5 Å². The van der Waals surface area contributed by atoms with E-state index in [0.29, 0.717) is 11.8 Å². The van der Waals surface area contributed by atoms with Crippen molar-refractivity contribution >= 4 is 22.5 Å². The molecule has 0 saturated carbocycles. The van der Waals surface area contributed by atoms with Crippen LogP contribution in [0.1, 0.15) is 38.8 Å². The molecule has 1 amide bonds. The predicted octanol–water partition coefficient (Wildman–Crippen LogP) is 3.57. The second kappa shape index (κ2) is 9.12. The van der Waals surface area contributed by atoms with Crippen LogP contribution in [0.25, 0.3) is 10.9 Å². The zero-order valence-corrected chi connectivity index (χ0v) is 17.9. The molecule has 3 heterocycles. The van der Waals surface area contributed by atoms with Crippen molar-refractivity contribution in [1.82, 2.24) is 14.8 Å². The Morgan fingerprint density at radius 2 is 1.76 bits per heavy atom. The minimum Gasteiger partial charge on any atom is -0.371 e. The van der Waals surface area contributed by atoms with Crippen molar-refractivity contribution in [3.63, 3.8) is 0 Å². The van der Waals surface area contributed by atoms with E-state index >= 15 is 0 Å². The highest BCUT2D eigenvalue weighted by atomic mass is 16.2. The third-order valence-corrected chi connectivity index (χ3v) is 6.70. The first-order chi connectivity index (χ1) is 14.2. The number of hydrogen-bond donors (Lipinski definition) is 0. The fourth-order valence-corrected chi connectivity index (χ4v) is 4.72. The van der Waals surface area contributed by atoms with Gasteiger partial charge in [-0.1, -0.05) is 32.0 Å². The normalized spacial score (nSPS) is 19.1. The third-order valence-electron chi connectivity index (χ3n) is 6.70. The number of likely N-dealkylation sites (N-methyl/N-ethyl adjacent to an activating group) is 1. The van der Waals surface area contributed by atoms with Gasteiger partial charge in [-0.3, -0.25) is 9.78 Å². The lowest BCUT2D eigenvalue weighted by Crippen LogP contribution is -2.49. The van der Waals surface area contributed by atoms with E-state index in [1.54, 1.807) is 0 Å². The standard InChI is InChI=1S/C24H34N4O/c1-3-20-18-23(21-7-5-6-8-22(21)25-20)27-11-9-19(10-12-27)17-24(29)28-15-13-26(4-2)14-16-28/h5-8,18-19H,3-4,9-17H2,1-2H3. The van der Waals surface area contributed by atoms with Gasteiger partial charge in [-0.25, -0.2) is 0 Å². The summed E-state index contributed by atoms with van der Waals surface area (Å²) in [5.74, 6) is 0.878. The van der Waals surface area contributed by atoms with E-state index in [2.05, 4.69) is 58.9 Å². The van der Waals surface area contributed by atoms with Crippen molar-refractivity contribution in [2.75, 3.05) is 50.7 Å². The topological polar surface area (TPSA) is 39.7 Å². The van der Waals surface area contributed by atoms with Crippen molar-refractivity contribution in [3.8, 4) is 0 Å². The second-order valence-electron chi connectivity index (χ2n) is 8.45. The van der Waals surface area contributed by atoms with Crippen LogP contribution in [0, 0.1) is 5.92 Å². The van der Waals surface area contributed by atoms with Gasteiger partial charge in [0.25, 0.3) is 0 Å².